The summed E-state index contributed by atoms with van der Waals surface area (Å²) in [6.07, 6.45) is 0. The van der Waals surface area contributed by atoms with Crippen LogP contribution in [0.3, 0.4) is 0 Å². The lowest BCUT2D eigenvalue weighted by atomic mass is 9.96. The van der Waals surface area contributed by atoms with Crippen molar-refractivity contribution in [3.05, 3.63) is 60.2 Å². The summed E-state index contributed by atoms with van der Waals surface area (Å²) in [5.41, 5.74) is 8.97. The lowest BCUT2D eigenvalue weighted by molar-refractivity contribution is 1.37. The Morgan fingerprint density at radius 1 is 0.947 bits per heavy atom. The predicted molar refractivity (Wildman–Crippen MR) is 76.3 cm³/mol. The van der Waals surface area contributed by atoms with E-state index in [-0.39, 0.29) is 5.82 Å². The fraction of sp³-hybridized carbons (Fsp3) is 0. The Bertz CT molecular complexity index is 786. The van der Waals surface area contributed by atoms with Gasteiger partial charge in [-0.05, 0) is 11.6 Å². The van der Waals surface area contributed by atoms with Crippen molar-refractivity contribution in [2.45, 2.75) is 0 Å². The number of anilines is 1. The first kappa shape index (κ1) is 11.2. The number of nitrogens with zero attached hydrogens (tertiary/aromatic N) is 2. The molecule has 1 heterocycles. The molecule has 1 aromatic heterocycles. The summed E-state index contributed by atoms with van der Waals surface area (Å²) in [4.78, 5) is 4.29. The Labute approximate surface area is 110 Å². The van der Waals surface area contributed by atoms with E-state index in [9.17, 15) is 5.26 Å². The first-order chi connectivity index (χ1) is 9.31. The van der Waals surface area contributed by atoms with Crippen LogP contribution < -0.4 is 5.73 Å². The van der Waals surface area contributed by atoms with E-state index in [2.05, 4.69) is 11.1 Å². The molecule has 0 atom stereocenters. The Morgan fingerprint density at radius 2 is 1.63 bits per heavy atom. The SMILES string of the molecule is N#Cc1c(N)nc2ccccc2c1-c1ccccc1. The van der Waals surface area contributed by atoms with E-state index in [1.165, 1.54) is 0 Å². The first-order valence-electron chi connectivity index (χ1n) is 5.95. The number of hydrogen-bond acceptors (Lipinski definition) is 3. The van der Waals surface area contributed by atoms with Crippen molar-refractivity contribution in [1.29, 1.82) is 5.26 Å². The fourth-order valence-electron chi connectivity index (χ4n) is 2.25. The molecule has 0 saturated carbocycles. The third kappa shape index (κ3) is 1.80. The number of benzene rings is 2. The third-order valence-corrected chi connectivity index (χ3v) is 3.09. The van der Waals surface area contributed by atoms with Gasteiger partial charge in [-0.25, -0.2) is 4.98 Å². The van der Waals surface area contributed by atoms with Gasteiger partial charge in [0.05, 0.1) is 5.52 Å². The number of hydrogen-bond donors (Lipinski definition) is 1. The number of nitrogens with two attached hydrogens (primary N) is 1. The van der Waals surface area contributed by atoms with Gasteiger partial charge in [-0.3, -0.25) is 0 Å². The van der Waals surface area contributed by atoms with E-state index in [0.717, 1.165) is 22.0 Å². The summed E-state index contributed by atoms with van der Waals surface area (Å²) in [5.74, 6) is 0.278. The van der Waals surface area contributed by atoms with Crippen LogP contribution in [0.5, 0.6) is 0 Å². The highest BCUT2D eigenvalue weighted by molar-refractivity contribution is 5.99. The summed E-state index contributed by atoms with van der Waals surface area (Å²) in [6.45, 7) is 0. The predicted octanol–water partition coefficient (Wildman–Crippen LogP) is 3.36. The van der Waals surface area contributed by atoms with Crippen molar-refractivity contribution in [3.63, 3.8) is 0 Å². The Hall–Kier alpha value is -2.86. The summed E-state index contributed by atoms with van der Waals surface area (Å²) >= 11 is 0. The summed E-state index contributed by atoms with van der Waals surface area (Å²) in [6, 6.07) is 19.7. The molecule has 2 aromatic carbocycles. The fourth-order valence-corrected chi connectivity index (χ4v) is 2.25. The second-order valence-electron chi connectivity index (χ2n) is 4.24. The van der Waals surface area contributed by atoms with Crippen molar-refractivity contribution in [3.8, 4) is 17.2 Å². The number of pyridine rings is 1. The van der Waals surface area contributed by atoms with Gasteiger partial charge in [-0.15, -0.1) is 0 Å². The standard InChI is InChI=1S/C16H11N3/c17-10-13-15(11-6-2-1-3-7-11)12-8-4-5-9-14(12)19-16(13)18/h1-9H,(H2,18,19). The van der Waals surface area contributed by atoms with Gasteiger partial charge < -0.3 is 5.73 Å². The molecule has 2 N–H and O–H groups in total. The molecule has 0 fully saturated rings. The third-order valence-electron chi connectivity index (χ3n) is 3.09. The Kier molecular flexibility index (Phi) is 2.62. The van der Waals surface area contributed by atoms with Gasteiger partial charge in [-0.2, -0.15) is 5.26 Å². The maximum atomic E-state index is 9.35. The molecular weight excluding hydrogens is 234 g/mol. The lowest BCUT2D eigenvalue weighted by Gasteiger charge is -2.10. The smallest absolute Gasteiger partial charge is 0.142 e. The molecule has 0 aliphatic carbocycles. The van der Waals surface area contributed by atoms with E-state index < -0.39 is 0 Å². The van der Waals surface area contributed by atoms with E-state index in [4.69, 9.17) is 5.73 Å². The number of nitrogen functional groups attached to an aromatic ring is 1. The quantitative estimate of drug-likeness (QED) is 0.715. The van der Waals surface area contributed by atoms with Crippen LogP contribution in [0.1, 0.15) is 5.56 Å². The van der Waals surface area contributed by atoms with Crippen LogP contribution in [-0.2, 0) is 0 Å². The van der Waals surface area contributed by atoms with Crippen LogP contribution in [0, 0.1) is 11.3 Å². The van der Waals surface area contributed by atoms with Gasteiger partial charge in [0, 0.05) is 10.9 Å². The van der Waals surface area contributed by atoms with Gasteiger partial charge >= 0.3 is 0 Å². The van der Waals surface area contributed by atoms with Crippen molar-refractivity contribution in [2.75, 3.05) is 5.73 Å². The maximum absolute atomic E-state index is 9.35. The van der Waals surface area contributed by atoms with Crippen LogP contribution in [0.2, 0.25) is 0 Å². The molecular formula is C16H11N3. The molecule has 0 radical (unpaired) electrons. The topological polar surface area (TPSA) is 62.7 Å². The molecule has 3 nitrogen and oxygen atoms in total. The maximum Gasteiger partial charge on any atom is 0.142 e. The average Bonchev–Trinajstić information content (AvgIpc) is 2.46. The lowest BCUT2D eigenvalue weighted by Crippen LogP contribution is -1.99. The van der Waals surface area contributed by atoms with Crippen molar-refractivity contribution < 1.29 is 0 Å². The number of para-hydroxylation sites is 1. The second-order valence-corrected chi connectivity index (χ2v) is 4.24. The van der Waals surface area contributed by atoms with Gasteiger partial charge in [0.15, 0.2) is 0 Å². The van der Waals surface area contributed by atoms with Gasteiger partial charge in [0.1, 0.15) is 17.5 Å². The molecule has 3 heteroatoms. The van der Waals surface area contributed by atoms with Crippen molar-refractivity contribution in [2.24, 2.45) is 0 Å². The molecule has 19 heavy (non-hydrogen) atoms. The molecule has 0 aliphatic rings. The normalized spacial score (nSPS) is 10.3. The van der Waals surface area contributed by atoms with Gasteiger partial charge in [0.25, 0.3) is 0 Å². The second kappa shape index (κ2) is 4.43. The van der Waals surface area contributed by atoms with Crippen LogP contribution >= 0.6 is 0 Å². The molecule has 0 bridgehead atoms. The van der Waals surface area contributed by atoms with Gasteiger partial charge in [-0.1, -0.05) is 48.5 Å². The molecule has 0 aliphatic heterocycles. The van der Waals surface area contributed by atoms with Gasteiger partial charge in [0.2, 0.25) is 0 Å². The zero-order valence-electron chi connectivity index (χ0n) is 10.2. The molecule has 0 unspecified atom stereocenters. The minimum atomic E-state index is 0.278. The molecule has 0 saturated heterocycles. The number of nitriles is 1. The van der Waals surface area contributed by atoms with Crippen LogP contribution in [-0.4, -0.2) is 4.98 Å². The highest BCUT2D eigenvalue weighted by Crippen LogP contribution is 2.33. The van der Waals surface area contributed by atoms with E-state index in [1.54, 1.807) is 0 Å². The molecule has 90 valence electrons. The molecule has 0 spiro atoms. The van der Waals surface area contributed by atoms with E-state index >= 15 is 0 Å². The monoisotopic (exact) mass is 245 g/mol. The molecule has 0 amide bonds. The molecule has 3 rings (SSSR count). The minimum absolute atomic E-state index is 0.278. The summed E-state index contributed by atoms with van der Waals surface area (Å²) < 4.78 is 0. The van der Waals surface area contributed by atoms with Crippen molar-refractivity contribution >= 4 is 16.7 Å². The zero-order valence-corrected chi connectivity index (χ0v) is 10.2. The highest BCUT2D eigenvalue weighted by atomic mass is 14.8. The van der Waals surface area contributed by atoms with E-state index in [0.29, 0.717) is 5.56 Å². The first-order valence-corrected chi connectivity index (χ1v) is 5.95. The zero-order chi connectivity index (χ0) is 13.2. The Morgan fingerprint density at radius 3 is 2.37 bits per heavy atom. The summed E-state index contributed by atoms with van der Waals surface area (Å²) in [7, 11) is 0. The summed E-state index contributed by atoms with van der Waals surface area (Å²) in [5, 5.41) is 10.3. The minimum Gasteiger partial charge on any atom is -0.383 e. The highest BCUT2D eigenvalue weighted by Gasteiger charge is 2.14. The number of fused-ring (bicyclic) bond motifs is 1. The van der Waals surface area contributed by atoms with Crippen LogP contribution in [0.25, 0.3) is 22.0 Å². The van der Waals surface area contributed by atoms with E-state index in [1.807, 2.05) is 54.6 Å². The number of aromatic nitrogens is 1. The number of rotatable bonds is 1. The molecule has 3 aromatic rings. The van der Waals surface area contributed by atoms with Crippen LogP contribution in [0.15, 0.2) is 54.6 Å². The Balaban J connectivity index is 2.48. The average molecular weight is 245 g/mol. The van der Waals surface area contributed by atoms with Crippen molar-refractivity contribution in [1.82, 2.24) is 4.98 Å². The van der Waals surface area contributed by atoms with Crippen LogP contribution in [0.4, 0.5) is 5.82 Å². The largest absolute Gasteiger partial charge is 0.383 e.